The van der Waals surface area contributed by atoms with Crippen LogP contribution in [0.15, 0.2) is 18.2 Å². The van der Waals surface area contributed by atoms with E-state index in [4.69, 9.17) is 0 Å². The first-order chi connectivity index (χ1) is 9.63. The Bertz CT molecular complexity index is 511. The van der Waals surface area contributed by atoms with Crippen molar-refractivity contribution in [1.29, 1.82) is 0 Å². The Labute approximate surface area is 116 Å². The summed E-state index contributed by atoms with van der Waals surface area (Å²) in [6, 6.07) is 4.24. The molecule has 108 valence electrons. The van der Waals surface area contributed by atoms with Crippen LogP contribution in [-0.2, 0) is 0 Å². The molecular weight excluding hydrogens is 264 g/mol. The number of nitrogens with one attached hydrogen (secondary N) is 1. The Morgan fingerprint density at radius 3 is 2.40 bits per heavy atom. The number of urea groups is 1. The van der Waals surface area contributed by atoms with Gasteiger partial charge in [-0.05, 0) is 25.0 Å². The third-order valence-corrected chi connectivity index (χ3v) is 3.74. The first-order valence-corrected chi connectivity index (χ1v) is 6.89. The highest BCUT2D eigenvalue weighted by Gasteiger charge is 2.27. The topological polar surface area (TPSA) is 35.6 Å². The van der Waals surface area contributed by atoms with Crippen molar-refractivity contribution in [2.45, 2.75) is 18.9 Å². The number of hydrogen-bond donors (Lipinski definition) is 1. The molecular formula is C14H17F2N3O. The van der Waals surface area contributed by atoms with E-state index in [-0.39, 0.29) is 6.03 Å². The molecule has 1 saturated heterocycles. The highest BCUT2D eigenvalue weighted by molar-refractivity contribution is 5.75. The molecule has 0 aromatic heterocycles. The van der Waals surface area contributed by atoms with Crippen LogP contribution in [0.4, 0.5) is 19.3 Å². The van der Waals surface area contributed by atoms with Gasteiger partial charge >= 0.3 is 6.03 Å². The first-order valence-electron chi connectivity index (χ1n) is 6.89. The standard InChI is InChI=1S/C14H17F2N3O/c15-12-4-3-11(9-13(12)16)18-5-7-19(8-6-18)14(20)17-10-1-2-10/h3-4,9-10H,1-2,5-8H2,(H,17,20). The molecule has 0 unspecified atom stereocenters. The molecule has 6 heteroatoms. The summed E-state index contributed by atoms with van der Waals surface area (Å²) in [5.74, 6) is -1.67. The lowest BCUT2D eigenvalue weighted by Gasteiger charge is -2.36. The van der Waals surface area contributed by atoms with Gasteiger partial charge in [-0.25, -0.2) is 13.6 Å². The Balaban J connectivity index is 1.57. The molecule has 0 atom stereocenters. The van der Waals surface area contributed by atoms with Crippen molar-refractivity contribution in [3.05, 3.63) is 29.8 Å². The normalized spacial score (nSPS) is 19.1. The van der Waals surface area contributed by atoms with Crippen LogP contribution in [0, 0.1) is 11.6 Å². The van der Waals surface area contributed by atoms with E-state index in [9.17, 15) is 13.6 Å². The number of rotatable bonds is 2. The number of piperazine rings is 1. The molecule has 1 N–H and O–H groups in total. The van der Waals surface area contributed by atoms with Crippen molar-refractivity contribution in [2.24, 2.45) is 0 Å². The largest absolute Gasteiger partial charge is 0.368 e. The molecule has 0 spiro atoms. The lowest BCUT2D eigenvalue weighted by molar-refractivity contribution is 0.194. The zero-order chi connectivity index (χ0) is 14.1. The Morgan fingerprint density at radius 1 is 1.10 bits per heavy atom. The quantitative estimate of drug-likeness (QED) is 0.899. The highest BCUT2D eigenvalue weighted by atomic mass is 19.2. The third-order valence-electron chi connectivity index (χ3n) is 3.74. The average Bonchev–Trinajstić information content (AvgIpc) is 3.26. The minimum Gasteiger partial charge on any atom is -0.368 e. The predicted octanol–water partition coefficient (Wildman–Crippen LogP) is 1.96. The van der Waals surface area contributed by atoms with E-state index in [1.54, 1.807) is 11.0 Å². The van der Waals surface area contributed by atoms with Crippen LogP contribution in [0.5, 0.6) is 0 Å². The van der Waals surface area contributed by atoms with E-state index in [1.165, 1.54) is 6.07 Å². The molecule has 1 heterocycles. The fourth-order valence-corrected chi connectivity index (χ4v) is 2.34. The van der Waals surface area contributed by atoms with Gasteiger partial charge in [-0.2, -0.15) is 0 Å². The number of halogens is 2. The van der Waals surface area contributed by atoms with E-state index >= 15 is 0 Å². The van der Waals surface area contributed by atoms with Crippen molar-refractivity contribution in [3.63, 3.8) is 0 Å². The Morgan fingerprint density at radius 2 is 1.80 bits per heavy atom. The van der Waals surface area contributed by atoms with E-state index in [1.807, 2.05) is 4.90 Å². The van der Waals surface area contributed by atoms with Gasteiger partial charge in [0.25, 0.3) is 0 Å². The van der Waals surface area contributed by atoms with Gasteiger partial charge in [-0.15, -0.1) is 0 Å². The second-order valence-electron chi connectivity index (χ2n) is 5.30. The number of amides is 2. The summed E-state index contributed by atoms with van der Waals surface area (Å²) in [4.78, 5) is 15.6. The van der Waals surface area contributed by atoms with Crippen LogP contribution < -0.4 is 10.2 Å². The summed E-state index contributed by atoms with van der Waals surface area (Å²) >= 11 is 0. The molecule has 2 aliphatic rings. The second kappa shape index (κ2) is 5.26. The van der Waals surface area contributed by atoms with Gasteiger partial charge in [-0.1, -0.05) is 0 Å². The molecule has 1 aromatic rings. The summed E-state index contributed by atoms with van der Waals surface area (Å²) < 4.78 is 26.1. The number of nitrogens with zero attached hydrogens (tertiary/aromatic N) is 2. The van der Waals surface area contributed by atoms with E-state index in [0.29, 0.717) is 37.9 Å². The SMILES string of the molecule is O=C(NC1CC1)N1CCN(c2ccc(F)c(F)c2)CC1. The number of anilines is 1. The van der Waals surface area contributed by atoms with Crippen molar-refractivity contribution in [3.8, 4) is 0 Å². The van der Waals surface area contributed by atoms with Crippen LogP contribution in [-0.4, -0.2) is 43.2 Å². The van der Waals surface area contributed by atoms with Crippen molar-refractivity contribution >= 4 is 11.7 Å². The fraction of sp³-hybridized carbons (Fsp3) is 0.500. The Kier molecular flexibility index (Phi) is 3.46. The predicted molar refractivity (Wildman–Crippen MR) is 71.7 cm³/mol. The summed E-state index contributed by atoms with van der Waals surface area (Å²) in [6.07, 6.45) is 2.14. The lowest BCUT2D eigenvalue weighted by atomic mass is 10.2. The van der Waals surface area contributed by atoms with E-state index in [2.05, 4.69) is 5.32 Å². The van der Waals surface area contributed by atoms with E-state index in [0.717, 1.165) is 18.9 Å². The van der Waals surface area contributed by atoms with Crippen LogP contribution >= 0.6 is 0 Å². The van der Waals surface area contributed by atoms with Crippen molar-refractivity contribution < 1.29 is 13.6 Å². The number of carbonyl (C=O) groups excluding carboxylic acids is 1. The smallest absolute Gasteiger partial charge is 0.317 e. The second-order valence-corrected chi connectivity index (χ2v) is 5.30. The van der Waals surface area contributed by atoms with Crippen molar-refractivity contribution in [2.75, 3.05) is 31.1 Å². The van der Waals surface area contributed by atoms with Gasteiger partial charge in [0.15, 0.2) is 11.6 Å². The Hall–Kier alpha value is -1.85. The molecule has 2 fully saturated rings. The maximum absolute atomic E-state index is 13.2. The number of hydrogen-bond acceptors (Lipinski definition) is 2. The molecule has 1 aliphatic carbocycles. The molecule has 0 radical (unpaired) electrons. The molecule has 1 aromatic carbocycles. The lowest BCUT2D eigenvalue weighted by Crippen LogP contribution is -2.52. The summed E-state index contributed by atoms with van der Waals surface area (Å²) in [5.41, 5.74) is 0.658. The number of benzene rings is 1. The van der Waals surface area contributed by atoms with Gasteiger partial charge in [0.05, 0.1) is 0 Å². The first kappa shape index (κ1) is 13.1. The summed E-state index contributed by atoms with van der Waals surface area (Å²) in [6.45, 7) is 2.45. The van der Waals surface area contributed by atoms with Gasteiger partial charge in [-0.3, -0.25) is 0 Å². The minimum absolute atomic E-state index is 0.0163. The summed E-state index contributed by atoms with van der Waals surface area (Å²) in [7, 11) is 0. The van der Waals surface area contributed by atoms with Crippen LogP contribution in [0.1, 0.15) is 12.8 Å². The van der Waals surface area contributed by atoms with Crippen molar-refractivity contribution in [1.82, 2.24) is 10.2 Å². The molecule has 20 heavy (non-hydrogen) atoms. The molecule has 3 rings (SSSR count). The van der Waals surface area contributed by atoms with Crippen LogP contribution in [0.2, 0.25) is 0 Å². The molecule has 1 aliphatic heterocycles. The van der Waals surface area contributed by atoms with Crippen LogP contribution in [0.3, 0.4) is 0 Å². The van der Waals surface area contributed by atoms with Gasteiger partial charge in [0.1, 0.15) is 0 Å². The average molecular weight is 281 g/mol. The van der Waals surface area contributed by atoms with Gasteiger partial charge < -0.3 is 15.1 Å². The third kappa shape index (κ3) is 2.84. The summed E-state index contributed by atoms with van der Waals surface area (Å²) in [5, 5.41) is 2.95. The van der Waals surface area contributed by atoms with E-state index < -0.39 is 11.6 Å². The fourth-order valence-electron chi connectivity index (χ4n) is 2.34. The zero-order valence-corrected chi connectivity index (χ0v) is 11.1. The van der Waals surface area contributed by atoms with Crippen LogP contribution in [0.25, 0.3) is 0 Å². The molecule has 0 bridgehead atoms. The monoisotopic (exact) mass is 281 g/mol. The van der Waals surface area contributed by atoms with Gasteiger partial charge in [0, 0.05) is 44.0 Å². The zero-order valence-electron chi connectivity index (χ0n) is 11.1. The molecule has 2 amide bonds. The number of carbonyl (C=O) groups is 1. The molecule has 1 saturated carbocycles. The molecule has 4 nitrogen and oxygen atoms in total. The van der Waals surface area contributed by atoms with Gasteiger partial charge in [0.2, 0.25) is 0 Å². The minimum atomic E-state index is -0.837. The highest BCUT2D eigenvalue weighted by Crippen LogP contribution is 2.21. The maximum Gasteiger partial charge on any atom is 0.317 e. The maximum atomic E-state index is 13.2.